The van der Waals surface area contributed by atoms with Crippen LogP contribution in [-0.2, 0) is 4.79 Å². The number of carbonyl (C=O) groups is 1. The molecule has 1 heterocycles. The summed E-state index contributed by atoms with van der Waals surface area (Å²) in [6.45, 7) is 1.86. The highest BCUT2D eigenvalue weighted by Gasteiger charge is 2.18. The summed E-state index contributed by atoms with van der Waals surface area (Å²) in [5.74, 6) is -0.363. The van der Waals surface area contributed by atoms with Crippen molar-refractivity contribution < 1.29 is 9.18 Å². The summed E-state index contributed by atoms with van der Waals surface area (Å²) in [7, 11) is 0. The van der Waals surface area contributed by atoms with Gasteiger partial charge >= 0.3 is 0 Å². The summed E-state index contributed by atoms with van der Waals surface area (Å²) in [6, 6.07) is 4.35. The van der Waals surface area contributed by atoms with Crippen LogP contribution in [-0.4, -0.2) is 19.0 Å². The van der Waals surface area contributed by atoms with E-state index < -0.39 is 5.82 Å². The summed E-state index contributed by atoms with van der Waals surface area (Å²) >= 11 is 5.85. The van der Waals surface area contributed by atoms with Crippen molar-refractivity contribution in [1.82, 2.24) is 5.32 Å². The fourth-order valence-corrected chi connectivity index (χ4v) is 2.38. The van der Waals surface area contributed by atoms with E-state index in [0.717, 1.165) is 25.9 Å². The number of piperidine rings is 1. The van der Waals surface area contributed by atoms with E-state index in [1.54, 1.807) is 6.07 Å². The van der Waals surface area contributed by atoms with Crippen molar-refractivity contribution in [2.24, 2.45) is 5.92 Å². The molecule has 1 saturated heterocycles. The van der Waals surface area contributed by atoms with Crippen molar-refractivity contribution in [2.45, 2.75) is 19.3 Å². The van der Waals surface area contributed by atoms with E-state index in [1.807, 2.05) is 0 Å². The summed E-state index contributed by atoms with van der Waals surface area (Å²) < 4.78 is 13.5. The molecule has 2 N–H and O–H groups in total. The SMILES string of the molecule is O=C(CC1CCCNC1)Nc1c(F)cccc1Cl. The van der Waals surface area contributed by atoms with Gasteiger partial charge in [0.2, 0.25) is 5.91 Å². The van der Waals surface area contributed by atoms with Gasteiger partial charge in [0.1, 0.15) is 5.82 Å². The topological polar surface area (TPSA) is 41.1 Å². The third kappa shape index (κ3) is 3.43. The molecular weight excluding hydrogens is 255 g/mol. The number of hydrogen-bond acceptors (Lipinski definition) is 2. The molecule has 1 aromatic rings. The predicted molar refractivity (Wildman–Crippen MR) is 70.3 cm³/mol. The molecule has 0 bridgehead atoms. The third-order valence-corrected chi connectivity index (χ3v) is 3.42. The van der Waals surface area contributed by atoms with Crippen LogP contribution in [0.3, 0.4) is 0 Å². The van der Waals surface area contributed by atoms with Crippen LogP contribution in [0, 0.1) is 11.7 Å². The molecule has 0 aliphatic carbocycles. The van der Waals surface area contributed by atoms with E-state index in [4.69, 9.17) is 11.6 Å². The number of rotatable bonds is 3. The summed E-state index contributed by atoms with van der Waals surface area (Å²) in [6.07, 6.45) is 2.52. The number of carbonyl (C=O) groups excluding carboxylic acids is 1. The van der Waals surface area contributed by atoms with Crippen LogP contribution < -0.4 is 10.6 Å². The van der Waals surface area contributed by atoms with Crippen molar-refractivity contribution in [3.8, 4) is 0 Å². The van der Waals surface area contributed by atoms with Crippen molar-refractivity contribution in [1.29, 1.82) is 0 Å². The van der Waals surface area contributed by atoms with Gasteiger partial charge in [0.15, 0.2) is 0 Å². The van der Waals surface area contributed by atoms with Crippen molar-refractivity contribution in [2.75, 3.05) is 18.4 Å². The van der Waals surface area contributed by atoms with E-state index in [-0.39, 0.29) is 16.6 Å². The molecule has 98 valence electrons. The van der Waals surface area contributed by atoms with Crippen LogP contribution in [0.1, 0.15) is 19.3 Å². The molecule has 1 aliphatic heterocycles. The Bertz CT molecular complexity index is 413. The Kier molecular flexibility index (Phi) is 4.55. The zero-order chi connectivity index (χ0) is 13.0. The van der Waals surface area contributed by atoms with Crippen LogP contribution in [0.4, 0.5) is 10.1 Å². The number of anilines is 1. The zero-order valence-corrected chi connectivity index (χ0v) is 10.8. The highest BCUT2D eigenvalue weighted by molar-refractivity contribution is 6.33. The molecule has 0 radical (unpaired) electrons. The lowest BCUT2D eigenvalue weighted by atomic mass is 9.96. The quantitative estimate of drug-likeness (QED) is 0.887. The summed E-state index contributed by atoms with van der Waals surface area (Å²) in [5.41, 5.74) is 0.0768. The highest BCUT2D eigenvalue weighted by Crippen LogP contribution is 2.25. The number of amides is 1. The van der Waals surface area contributed by atoms with Gasteiger partial charge in [-0.15, -0.1) is 0 Å². The number of hydrogen-bond donors (Lipinski definition) is 2. The van der Waals surface area contributed by atoms with E-state index in [0.29, 0.717) is 12.3 Å². The first-order chi connectivity index (χ1) is 8.66. The largest absolute Gasteiger partial charge is 0.322 e. The summed E-state index contributed by atoms with van der Waals surface area (Å²) in [4.78, 5) is 11.8. The lowest BCUT2D eigenvalue weighted by Gasteiger charge is -2.22. The van der Waals surface area contributed by atoms with E-state index in [9.17, 15) is 9.18 Å². The lowest BCUT2D eigenvalue weighted by Crippen LogP contribution is -2.32. The maximum absolute atomic E-state index is 13.5. The smallest absolute Gasteiger partial charge is 0.224 e. The van der Waals surface area contributed by atoms with Gasteiger partial charge in [-0.1, -0.05) is 17.7 Å². The molecule has 0 saturated carbocycles. The van der Waals surface area contributed by atoms with Gasteiger partial charge in [0.25, 0.3) is 0 Å². The fourth-order valence-electron chi connectivity index (χ4n) is 2.17. The first-order valence-electron chi connectivity index (χ1n) is 6.11. The zero-order valence-electron chi connectivity index (χ0n) is 10.0. The normalized spacial score (nSPS) is 19.6. The average molecular weight is 271 g/mol. The Labute approximate surface area is 111 Å². The van der Waals surface area contributed by atoms with Gasteiger partial charge in [-0.2, -0.15) is 0 Å². The molecule has 0 spiro atoms. The van der Waals surface area contributed by atoms with E-state index in [1.165, 1.54) is 12.1 Å². The van der Waals surface area contributed by atoms with Crippen LogP contribution in [0.2, 0.25) is 5.02 Å². The first kappa shape index (κ1) is 13.3. The second-order valence-electron chi connectivity index (χ2n) is 4.56. The van der Waals surface area contributed by atoms with Crippen molar-refractivity contribution >= 4 is 23.2 Å². The number of nitrogens with one attached hydrogen (secondary N) is 2. The molecule has 1 atom stereocenters. The van der Waals surface area contributed by atoms with Gasteiger partial charge in [-0.25, -0.2) is 4.39 Å². The van der Waals surface area contributed by atoms with E-state index >= 15 is 0 Å². The van der Waals surface area contributed by atoms with E-state index in [2.05, 4.69) is 10.6 Å². The van der Waals surface area contributed by atoms with Crippen LogP contribution in [0.25, 0.3) is 0 Å². The molecule has 1 amide bonds. The number of halogens is 2. The Morgan fingerprint density at radius 3 is 3.06 bits per heavy atom. The Balaban J connectivity index is 1.94. The molecule has 1 aliphatic rings. The van der Waals surface area contributed by atoms with Crippen molar-refractivity contribution in [3.05, 3.63) is 29.0 Å². The second kappa shape index (κ2) is 6.16. The Morgan fingerprint density at radius 1 is 1.56 bits per heavy atom. The Hall–Kier alpha value is -1.13. The van der Waals surface area contributed by atoms with Crippen LogP contribution in [0.15, 0.2) is 18.2 Å². The monoisotopic (exact) mass is 270 g/mol. The molecule has 1 fully saturated rings. The molecule has 0 aromatic heterocycles. The molecule has 1 aromatic carbocycles. The van der Waals surface area contributed by atoms with Gasteiger partial charge in [0, 0.05) is 6.42 Å². The molecule has 3 nitrogen and oxygen atoms in total. The van der Waals surface area contributed by atoms with Crippen LogP contribution >= 0.6 is 11.6 Å². The number of para-hydroxylation sites is 1. The standard InChI is InChI=1S/C13H16ClFN2O/c14-10-4-1-5-11(15)13(10)17-12(18)7-9-3-2-6-16-8-9/h1,4-5,9,16H,2-3,6-8H2,(H,17,18). The minimum absolute atomic E-state index is 0.0768. The number of benzene rings is 1. The molecule has 2 rings (SSSR count). The predicted octanol–water partition coefficient (Wildman–Crippen LogP) is 2.81. The molecule has 5 heteroatoms. The van der Waals surface area contributed by atoms with Crippen LogP contribution in [0.5, 0.6) is 0 Å². The molecule has 18 heavy (non-hydrogen) atoms. The third-order valence-electron chi connectivity index (χ3n) is 3.10. The average Bonchev–Trinajstić information content (AvgIpc) is 2.35. The minimum Gasteiger partial charge on any atom is -0.322 e. The van der Waals surface area contributed by atoms with Crippen molar-refractivity contribution in [3.63, 3.8) is 0 Å². The summed E-state index contributed by atoms with van der Waals surface area (Å²) in [5, 5.41) is 6.03. The maximum atomic E-state index is 13.5. The minimum atomic E-state index is -0.502. The maximum Gasteiger partial charge on any atom is 0.224 e. The fraction of sp³-hybridized carbons (Fsp3) is 0.462. The van der Waals surface area contributed by atoms with Gasteiger partial charge in [0.05, 0.1) is 10.7 Å². The molecule has 1 unspecified atom stereocenters. The lowest BCUT2D eigenvalue weighted by molar-refractivity contribution is -0.117. The first-order valence-corrected chi connectivity index (χ1v) is 6.49. The van der Waals surface area contributed by atoms with Gasteiger partial charge in [-0.05, 0) is 44.0 Å². The van der Waals surface area contributed by atoms with Gasteiger partial charge < -0.3 is 10.6 Å². The molecular formula is C13H16ClFN2O. The Morgan fingerprint density at radius 2 is 2.39 bits per heavy atom. The second-order valence-corrected chi connectivity index (χ2v) is 4.97. The highest BCUT2D eigenvalue weighted by atomic mass is 35.5. The van der Waals surface area contributed by atoms with Gasteiger partial charge in [-0.3, -0.25) is 4.79 Å².